The molecule has 3 aliphatic rings. The summed E-state index contributed by atoms with van der Waals surface area (Å²) >= 11 is 0. The minimum absolute atomic E-state index is 0. The Kier molecular flexibility index (Phi) is 13.4. The van der Waals surface area contributed by atoms with Gasteiger partial charge < -0.3 is 15.3 Å². The van der Waals surface area contributed by atoms with Crippen molar-refractivity contribution in [3.63, 3.8) is 0 Å². The molecule has 0 bridgehead atoms. The highest BCUT2D eigenvalue weighted by molar-refractivity contribution is 5.22. The summed E-state index contributed by atoms with van der Waals surface area (Å²) in [5.41, 5.74) is 2.77. The zero-order valence-corrected chi connectivity index (χ0v) is 19.8. The van der Waals surface area contributed by atoms with Gasteiger partial charge in [-0.2, -0.15) is 0 Å². The summed E-state index contributed by atoms with van der Waals surface area (Å²) in [5, 5.41) is 29.7. The minimum atomic E-state index is -0.523. The smallest absolute Gasteiger partial charge is 0.0602 e. The third kappa shape index (κ3) is 10.2. The van der Waals surface area contributed by atoms with Crippen LogP contribution in [-0.4, -0.2) is 33.1 Å². The van der Waals surface area contributed by atoms with Crippen LogP contribution < -0.4 is 0 Å². The van der Waals surface area contributed by atoms with E-state index in [-0.39, 0.29) is 24.3 Å². The molecule has 3 fully saturated rings. The Morgan fingerprint density at radius 3 is 2.26 bits per heavy atom. The van der Waals surface area contributed by atoms with Crippen molar-refractivity contribution in [2.75, 3.05) is 0 Å². The number of allylic oxidation sites excluding steroid dienone is 3. The van der Waals surface area contributed by atoms with Gasteiger partial charge in [-0.25, -0.2) is 0 Å². The highest BCUT2D eigenvalue weighted by atomic mass is 19.0. The first-order chi connectivity index (χ1) is 13.7. The second-order valence-corrected chi connectivity index (χ2v) is 10.4. The van der Waals surface area contributed by atoms with Gasteiger partial charge in [0.25, 0.3) is 0 Å². The SMILES string of the molecule is C.CC.CC(C)(O)CCC[C@@H]1CC[C@]2(CCC/C(=C\C=C3C[C@@H](O)C[C@H](O)C3)C2)C1.F. The Morgan fingerprint density at radius 2 is 1.65 bits per heavy atom. The van der Waals surface area contributed by atoms with E-state index in [0.29, 0.717) is 11.8 Å². The Bertz CT molecular complexity index is 551. The molecule has 0 unspecified atom stereocenters. The Morgan fingerprint density at radius 1 is 1.03 bits per heavy atom. The topological polar surface area (TPSA) is 60.7 Å². The van der Waals surface area contributed by atoms with Crippen LogP contribution in [0.1, 0.15) is 119 Å². The van der Waals surface area contributed by atoms with Crippen LogP contribution >= 0.6 is 0 Å². The van der Waals surface area contributed by atoms with Crippen molar-refractivity contribution in [1.82, 2.24) is 0 Å². The van der Waals surface area contributed by atoms with Crippen molar-refractivity contribution in [2.45, 2.75) is 136 Å². The molecule has 0 aliphatic heterocycles. The number of hydrogen-bond acceptors (Lipinski definition) is 3. The lowest BCUT2D eigenvalue weighted by Gasteiger charge is -2.35. The molecule has 31 heavy (non-hydrogen) atoms. The number of halogens is 1. The third-order valence-corrected chi connectivity index (χ3v) is 7.11. The maximum Gasteiger partial charge on any atom is 0.0602 e. The van der Waals surface area contributed by atoms with Gasteiger partial charge in [0.15, 0.2) is 0 Å². The van der Waals surface area contributed by atoms with Crippen molar-refractivity contribution in [3.8, 4) is 0 Å². The van der Waals surface area contributed by atoms with Gasteiger partial charge in [0.1, 0.15) is 0 Å². The second-order valence-electron chi connectivity index (χ2n) is 10.4. The molecule has 184 valence electrons. The first kappa shape index (κ1) is 30.3. The van der Waals surface area contributed by atoms with Crippen LogP contribution in [0.25, 0.3) is 0 Å². The number of hydrogen-bond donors (Lipinski definition) is 3. The van der Waals surface area contributed by atoms with E-state index in [0.717, 1.165) is 31.6 Å². The molecule has 0 saturated heterocycles. The van der Waals surface area contributed by atoms with E-state index in [1.807, 2.05) is 27.7 Å². The average molecular weight is 443 g/mol. The van der Waals surface area contributed by atoms with Crippen LogP contribution in [0.2, 0.25) is 0 Å². The predicted molar refractivity (Wildman–Crippen MR) is 131 cm³/mol. The fourth-order valence-corrected chi connectivity index (χ4v) is 5.82. The molecule has 3 aliphatic carbocycles. The van der Waals surface area contributed by atoms with Gasteiger partial charge in [-0.15, -0.1) is 0 Å². The lowest BCUT2D eigenvalue weighted by Crippen LogP contribution is -2.24. The van der Waals surface area contributed by atoms with Crippen molar-refractivity contribution in [2.24, 2.45) is 11.3 Å². The van der Waals surface area contributed by atoms with Crippen LogP contribution in [0.5, 0.6) is 0 Å². The van der Waals surface area contributed by atoms with Gasteiger partial charge in [0.05, 0.1) is 17.8 Å². The van der Waals surface area contributed by atoms with Crippen LogP contribution in [0.15, 0.2) is 23.3 Å². The van der Waals surface area contributed by atoms with Crippen LogP contribution in [0.4, 0.5) is 4.70 Å². The van der Waals surface area contributed by atoms with Crippen LogP contribution in [0, 0.1) is 11.3 Å². The third-order valence-electron chi connectivity index (χ3n) is 7.11. The van der Waals surface area contributed by atoms with Gasteiger partial charge in [-0.05, 0) is 95.8 Å². The molecule has 4 atom stereocenters. The van der Waals surface area contributed by atoms with Crippen LogP contribution in [-0.2, 0) is 0 Å². The molecule has 4 heteroatoms. The average Bonchev–Trinajstić information content (AvgIpc) is 3.02. The molecule has 0 amide bonds. The number of aliphatic hydroxyl groups is 3. The lowest BCUT2D eigenvalue weighted by molar-refractivity contribution is 0.0608. The van der Waals surface area contributed by atoms with E-state index in [4.69, 9.17) is 0 Å². The zero-order chi connectivity index (χ0) is 21.5. The molecule has 0 aromatic carbocycles. The minimum Gasteiger partial charge on any atom is -0.393 e. The predicted octanol–water partition coefficient (Wildman–Crippen LogP) is 6.86. The number of aliphatic hydroxyl groups excluding tert-OH is 2. The molecule has 3 nitrogen and oxygen atoms in total. The largest absolute Gasteiger partial charge is 0.393 e. The summed E-state index contributed by atoms with van der Waals surface area (Å²) in [6.45, 7) is 7.83. The van der Waals surface area contributed by atoms with E-state index in [1.165, 1.54) is 56.9 Å². The zero-order valence-electron chi connectivity index (χ0n) is 19.8. The van der Waals surface area contributed by atoms with Gasteiger partial charge in [0, 0.05) is 0 Å². The molecular formula is C27H51FO3. The monoisotopic (exact) mass is 442 g/mol. The first-order valence-corrected chi connectivity index (χ1v) is 12.2. The highest BCUT2D eigenvalue weighted by Crippen LogP contribution is 2.53. The van der Waals surface area contributed by atoms with Crippen LogP contribution in [0.3, 0.4) is 0 Å². The lowest BCUT2D eigenvalue weighted by atomic mass is 9.70. The Balaban J connectivity index is 0.00000219. The maximum atomic E-state index is 9.92. The van der Waals surface area contributed by atoms with Crippen molar-refractivity contribution in [1.29, 1.82) is 0 Å². The molecule has 0 heterocycles. The highest BCUT2D eigenvalue weighted by Gasteiger charge is 2.40. The molecule has 3 saturated carbocycles. The fourth-order valence-electron chi connectivity index (χ4n) is 5.82. The first-order valence-electron chi connectivity index (χ1n) is 12.2. The van der Waals surface area contributed by atoms with E-state index in [9.17, 15) is 15.3 Å². The Labute approximate surface area is 191 Å². The molecular weight excluding hydrogens is 391 g/mol. The van der Waals surface area contributed by atoms with E-state index in [1.54, 1.807) is 5.57 Å². The Hall–Kier alpha value is -0.710. The summed E-state index contributed by atoms with van der Waals surface area (Å²) in [6, 6.07) is 0. The number of rotatable bonds is 5. The summed E-state index contributed by atoms with van der Waals surface area (Å²) in [5.74, 6) is 0.841. The van der Waals surface area contributed by atoms with Crippen molar-refractivity contribution >= 4 is 0 Å². The molecule has 1 spiro atoms. The standard InChI is InChI=1S/C24H40O3.C2H6.CH4.FH/c1-23(2,27)10-3-5-19-9-12-24(17-19)11-4-6-18(16-24)7-8-20-13-21(25)15-22(26)14-20;1-2;;/h7-8,19,21-22,25-27H,3-6,9-17H2,1-2H3;1-2H3;1H4;1H/b18-7+;;;/t19-,21-,22-,24+;;;/m1.../s1. The fraction of sp³-hybridized carbons (Fsp3) is 0.852. The summed E-state index contributed by atoms with van der Waals surface area (Å²) in [4.78, 5) is 0. The van der Waals surface area contributed by atoms with Gasteiger partial charge >= 0.3 is 0 Å². The van der Waals surface area contributed by atoms with Gasteiger partial charge in [-0.3, -0.25) is 4.70 Å². The maximum absolute atomic E-state index is 9.92. The van der Waals surface area contributed by atoms with E-state index < -0.39 is 5.60 Å². The second kappa shape index (κ2) is 13.7. The molecule has 3 rings (SSSR count). The summed E-state index contributed by atoms with van der Waals surface area (Å²) in [7, 11) is 0. The van der Waals surface area contributed by atoms with Crippen molar-refractivity contribution in [3.05, 3.63) is 23.3 Å². The van der Waals surface area contributed by atoms with E-state index >= 15 is 0 Å². The molecule has 0 radical (unpaired) electrons. The summed E-state index contributed by atoms with van der Waals surface area (Å²) in [6.07, 6.45) is 18.2. The molecule has 0 aromatic rings. The van der Waals surface area contributed by atoms with Gasteiger partial charge in [-0.1, -0.05) is 57.4 Å². The normalized spacial score (nSPS) is 32.0. The van der Waals surface area contributed by atoms with Crippen molar-refractivity contribution < 1.29 is 20.0 Å². The van der Waals surface area contributed by atoms with Gasteiger partial charge in [0.2, 0.25) is 0 Å². The summed E-state index contributed by atoms with van der Waals surface area (Å²) < 4.78 is 0. The molecule has 0 aromatic heterocycles. The van der Waals surface area contributed by atoms with E-state index in [2.05, 4.69) is 12.2 Å². The molecule has 3 N–H and O–H groups in total. The quantitative estimate of drug-likeness (QED) is 0.436.